The molecule has 1 unspecified atom stereocenters. The number of anilines is 1. The number of methoxy groups -OCH3 is 1. The van der Waals surface area contributed by atoms with E-state index in [0.29, 0.717) is 6.04 Å². The first-order chi connectivity index (χ1) is 16.5. The molecule has 2 aliphatic heterocycles. The van der Waals surface area contributed by atoms with Crippen LogP contribution >= 0.6 is 0 Å². The van der Waals surface area contributed by atoms with Crippen LogP contribution in [-0.4, -0.2) is 66.5 Å². The number of rotatable bonds is 7. The summed E-state index contributed by atoms with van der Waals surface area (Å²) < 4.78 is 5.27. The molecule has 2 aromatic heterocycles. The number of nitrogens with zero attached hydrogens (tertiary/aromatic N) is 5. The molecule has 0 saturated carbocycles. The Hall–Kier alpha value is -2.83. The first kappa shape index (κ1) is 22.9. The lowest BCUT2D eigenvalue weighted by Crippen LogP contribution is -2.52. The van der Waals surface area contributed by atoms with Crippen LogP contribution in [0.1, 0.15) is 37.9 Å². The third-order valence-corrected chi connectivity index (χ3v) is 7.49. The van der Waals surface area contributed by atoms with Crippen LogP contribution in [0.5, 0.6) is 0 Å². The van der Waals surface area contributed by atoms with Gasteiger partial charge in [-0.2, -0.15) is 0 Å². The average Bonchev–Trinajstić information content (AvgIpc) is 3.25. The van der Waals surface area contributed by atoms with Gasteiger partial charge in [-0.1, -0.05) is 13.0 Å². The van der Waals surface area contributed by atoms with E-state index >= 15 is 0 Å². The molecule has 4 heterocycles. The van der Waals surface area contributed by atoms with E-state index in [1.807, 2.05) is 18.6 Å². The molecule has 1 saturated heterocycles. The third-order valence-electron chi connectivity index (χ3n) is 7.49. The van der Waals surface area contributed by atoms with Crippen molar-refractivity contribution in [3.05, 3.63) is 77.5 Å². The molecule has 0 N–H and O–H groups in total. The normalized spacial score (nSPS) is 25.0. The molecule has 2 atom stereocenters. The lowest BCUT2D eigenvalue weighted by atomic mass is 9.74. The largest absolute Gasteiger partial charge is 0.383 e. The fourth-order valence-electron chi connectivity index (χ4n) is 5.47. The Bertz CT molecular complexity index is 1110. The minimum Gasteiger partial charge on any atom is -0.383 e. The van der Waals surface area contributed by atoms with Gasteiger partial charge in [-0.05, 0) is 54.8 Å². The predicted octanol–water partition coefficient (Wildman–Crippen LogP) is 4.19. The molecule has 0 bridgehead atoms. The minimum atomic E-state index is 0.00695. The summed E-state index contributed by atoms with van der Waals surface area (Å²) >= 11 is 0. The Balaban J connectivity index is 1.21. The van der Waals surface area contributed by atoms with Gasteiger partial charge in [0, 0.05) is 93.3 Å². The summed E-state index contributed by atoms with van der Waals surface area (Å²) in [5, 5.41) is 0. The average molecular weight is 458 g/mol. The molecule has 1 aliphatic carbocycles. The summed E-state index contributed by atoms with van der Waals surface area (Å²) in [6, 6.07) is 9.16. The summed E-state index contributed by atoms with van der Waals surface area (Å²) in [6.45, 7) is 9.53. The molecule has 3 aliphatic rings. The summed E-state index contributed by atoms with van der Waals surface area (Å²) in [4.78, 5) is 18.9. The zero-order valence-electron chi connectivity index (χ0n) is 20.6. The number of hydrogen-bond acceptors (Lipinski definition) is 6. The molecule has 6 nitrogen and oxygen atoms in total. The molecular weight excluding hydrogens is 422 g/mol. The number of pyridine rings is 2. The van der Waals surface area contributed by atoms with Crippen molar-refractivity contribution in [1.29, 1.82) is 0 Å². The summed E-state index contributed by atoms with van der Waals surface area (Å²) in [7, 11) is 1.77. The van der Waals surface area contributed by atoms with Crippen molar-refractivity contribution in [3.8, 4) is 0 Å². The van der Waals surface area contributed by atoms with Crippen molar-refractivity contribution < 1.29 is 4.74 Å². The van der Waals surface area contributed by atoms with E-state index in [1.165, 1.54) is 22.5 Å². The lowest BCUT2D eigenvalue weighted by molar-refractivity contribution is 0.117. The van der Waals surface area contributed by atoms with E-state index in [-0.39, 0.29) is 5.41 Å². The van der Waals surface area contributed by atoms with Crippen LogP contribution < -0.4 is 4.90 Å². The van der Waals surface area contributed by atoms with Gasteiger partial charge >= 0.3 is 0 Å². The number of piperazine rings is 1. The summed E-state index contributed by atoms with van der Waals surface area (Å²) in [5.41, 5.74) is 7.50. The van der Waals surface area contributed by atoms with Gasteiger partial charge < -0.3 is 9.64 Å². The highest BCUT2D eigenvalue weighted by molar-refractivity contribution is 5.92. The van der Waals surface area contributed by atoms with Crippen LogP contribution in [0, 0.1) is 0 Å². The molecule has 34 heavy (non-hydrogen) atoms. The van der Waals surface area contributed by atoms with Gasteiger partial charge in [0.1, 0.15) is 0 Å². The van der Waals surface area contributed by atoms with Gasteiger partial charge in [0.25, 0.3) is 0 Å². The van der Waals surface area contributed by atoms with E-state index < -0.39 is 0 Å². The second kappa shape index (κ2) is 9.80. The van der Waals surface area contributed by atoms with Crippen LogP contribution in [0.4, 0.5) is 5.69 Å². The fraction of sp³-hybridized carbons (Fsp3) is 0.464. The molecule has 0 amide bonds. The van der Waals surface area contributed by atoms with Crippen molar-refractivity contribution in [2.45, 2.75) is 44.6 Å². The zero-order valence-corrected chi connectivity index (χ0v) is 20.6. The standard InChI is InChI=1S/C28H35N5O/c1-21-20-33(13-12-32(21)14-15-34-3)26-7-11-30-24(18-26)17-25-16-22-19-28(2,8-4-27(22)31-25)23-5-9-29-10-6-23/h4-11,18,21H,12-17,19-20H2,1-3H3/t21-,28?/m1/s1. The number of aromatic nitrogens is 2. The van der Waals surface area contributed by atoms with Crippen molar-refractivity contribution in [2.24, 2.45) is 4.99 Å². The molecule has 0 aromatic carbocycles. The minimum absolute atomic E-state index is 0.00695. The van der Waals surface area contributed by atoms with Crippen molar-refractivity contribution in [2.75, 3.05) is 44.8 Å². The van der Waals surface area contributed by atoms with Gasteiger partial charge in [0.15, 0.2) is 0 Å². The van der Waals surface area contributed by atoms with E-state index in [2.05, 4.69) is 70.0 Å². The SMILES string of the molecule is COCCN1CCN(c2ccnc(CC3=NC4=C(C3)CC(C)(c3ccncc3)C=C4)c2)C[C@H]1C. The molecule has 0 radical (unpaired) electrons. The van der Waals surface area contributed by atoms with Crippen molar-refractivity contribution in [3.63, 3.8) is 0 Å². The summed E-state index contributed by atoms with van der Waals surface area (Å²) in [6.07, 6.45) is 13.0. The first-order valence-corrected chi connectivity index (χ1v) is 12.4. The number of hydrogen-bond donors (Lipinski definition) is 0. The fourth-order valence-corrected chi connectivity index (χ4v) is 5.47. The Morgan fingerprint density at radius 2 is 2.00 bits per heavy atom. The molecular formula is C28H35N5O. The molecule has 0 spiro atoms. The maximum Gasteiger partial charge on any atom is 0.0622 e. The maximum atomic E-state index is 5.27. The topological polar surface area (TPSA) is 53.9 Å². The molecule has 2 aromatic rings. The monoisotopic (exact) mass is 457 g/mol. The second-order valence-corrected chi connectivity index (χ2v) is 10.0. The van der Waals surface area contributed by atoms with Gasteiger partial charge in [0.2, 0.25) is 0 Å². The smallest absolute Gasteiger partial charge is 0.0622 e. The van der Waals surface area contributed by atoms with Crippen LogP contribution in [0.2, 0.25) is 0 Å². The maximum absolute atomic E-state index is 5.27. The van der Waals surface area contributed by atoms with Gasteiger partial charge in [0.05, 0.1) is 12.3 Å². The van der Waals surface area contributed by atoms with Crippen molar-refractivity contribution >= 4 is 11.4 Å². The molecule has 178 valence electrons. The van der Waals surface area contributed by atoms with Crippen LogP contribution in [0.15, 0.2) is 71.3 Å². The van der Waals surface area contributed by atoms with E-state index in [9.17, 15) is 0 Å². The molecule has 5 rings (SSSR count). The Morgan fingerprint density at radius 3 is 2.79 bits per heavy atom. The number of allylic oxidation sites excluding steroid dienone is 3. The molecule has 6 heteroatoms. The third kappa shape index (κ3) is 4.84. The number of ether oxygens (including phenoxy) is 1. The van der Waals surface area contributed by atoms with Crippen LogP contribution in [0.3, 0.4) is 0 Å². The Labute approximate surface area is 203 Å². The van der Waals surface area contributed by atoms with Gasteiger partial charge in [-0.15, -0.1) is 0 Å². The van der Waals surface area contributed by atoms with Gasteiger partial charge in [-0.25, -0.2) is 0 Å². The highest BCUT2D eigenvalue weighted by Crippen LogP contribution is 2.41. The van der Waals surface area contributed by atoms with E-state index in [1.54, 1.807) is 7.11 Å². The Kier molecular flexibility index (Phi) is 6.61. The molecule has 1 fully saturated rings. The first-order valence-electron chi connectivity index (χ1n) is 12.4. The van der Waals surface area contributed by atoms with E-state index in [0.717, 1.165) is 63.4 Å². The highest BCUT2D eigenvalue weighted by atomic mass is 16.5. The summed E-state index contributed by atoms with van der Waals surface area (Å²) in [5.74, 6) is 0. The van der Waals surface area contributed by atoms with Crippen LogP contribution in [-0.2, 0) is 16.6 Å². The Morgan fingerprint density at radius 1 is 1.15 bits per heavy atom. The highest BCUT2D eigenvalue weighted by Gasteiger charge is 2.32. The van der Waals surface area contributed by atoms with Crippen molar-refractivity contribution in [1.82, 2.24) is 14.9 Å². The quantitative estimate of drug-likeness (QED) is 0.624. The zero-order chi connectivity index (χ0) is 23.5. The number of aliphatic imine (C=N–C) groups is 1. The van der Waals surface area contributed by atoms with E-state index in [4.69, 9.17) is 9.73 Å². The van der Waals surface area contributed by atoms with Crippen LogP contribution in [0.25, 0.3) is 0 Å². The predicted molar refractivity (Wildman–Crippen MR) is 137 cm³/mol. The second-order valence-electron chi connectivity index (χ2n) is 10.0. The lowest BCUT2D eigenvalue weighted by Gasteiger charge is -2.41. The van der Waals surface area contributed by atoms with Gasteiger partial charge in [-0.3, -0.25) is 19.9 Å².